The minimum atomic E-state index is 1.18. The Labute approximate surface area is 202 Å². The predicted octanol–water partition coefficient (Wildman–Crippen LogP) is 9.69. The van der Waals surface area contributed by atoms with Crippen molar-refractivity contribution in [3.8, 4) is 11.1 Å². The molecule has 0 aliphatic heterocycles. The smallest absolute Gasteiger partial charge is 0.00141 e. The Morgan fingerprint density at radius 2 is 1.15 bits per heavy atom. The monoisotopic (exact) mass is 438 g/mol. The molecule has 0 unspecified atom stereocenters. The molecule has 5 aromatic rings. The molecule has 5 aromatic carbocycles. The minimum Gasteiger partial charge on any atom is -0.0654 e. The van der Waals surface area contributed by atoms with Gasteiger partial charge in [-0.05, 0) is 79.4 Å². The third-order valence-corrected chi connectivity index (χ3v) is 7.30. The molecule has 0 fully saturated rings. The summed E-state index contributed by atoms with van der Waals surface area (Å²) in [7, 11) is 0. The number of aryl methyl sites for hydroxylation is 1. The number of fused-ring (bicyclic) bond motifs is 7. The van der Waals surface area contributed by atoms with Crippen LogP contribution in [0.5, 0.6) is 0 Å². The van der Waals surface area contributed by atoms with Crippen molar-refractivity contribution in [2.24, 2.45) is 0 Å². The Morgan fingerprint density at radius 3 is 1.74 bits per heavy atom. The van der Waals surface area contributed by atoms with E-state index in [1.165, 1.54) is 92.6 Å². The fourth-order valence-electron chi connectivity index (χ4n) is 5.53. The average Bonchev–Trinajstić information content (AvgIpc) is 3.22. The molecular weight excluding hydrogens is 408 g/mol. The van der Waals surface area contributed by atoms with Crippen LogP contribution >= 0.6 is 0 Å². The quantitative estimate of drug-likeness (QED) is 0.227. The van der Waals surface area contributed by atoms with Crippen molar-refractivity contribution in [3.63, 3.8) is 0 Å². The Bertz CT molecular complexity index is 1430. The van der Waals surface area contributed by atoms with Gasteiger partial charge in [0, 0.05) is 0 Å². The van der Waals surface area contributed by atoms with Gasteiger partial charge in [0.1, 0.15) is 0 Å². The summed E-state index contributed by atoms with van der Waals surface area (Å²) in [5, 5.41) is 5.27. The maximum absolute atomic E-state index is 2.38. The van der Waals surface area contributed by atoms with Gasteiger partial charge >= 0.3 is 0 Å². The summed E-state index contributed by atoms with van der Waals surface area (Å²) in [5.74, 6) is 0. The van der Waals surface area contributed by atoms with Gasteiger partial charge in [0.2, 0.25) is 0 Å². The summed E-state index contributed by atoms with van der Waals surface area (Å²) in [6.45, 7) is 2.27. The second-order valence-electron chi connectivity index (χ2n) is 9.53. The van der Waals surface area contributed by atoms with Gasteiger partial charge in [-0.1, -0.05) is 123 Å². The number of benzene rings is 5. The van der Waals surface area contributed by atoms with Crippen LogP contribution < -0.4 is 0 Å². The van der Waals surface area contributed by atoms with Crippen LogP contribution in [0.25, 0.3) is 44.3 Å². The van der Waals surface area contributed by atoms with E-state index < -0.39 is 0 Å². The van der Waals surface area contributed by atoms with Crippen molar-refractivity contribution in [2.45, 2.75) is 39.0 Å². The van der Waals surface area contributed by atoms with Crippen molar-refractivity contribution in [2.75, 3.05) is 0 Å². The van der Waals surface area contributed by atoms with Gasteiger partial charge in [0.05, 0.1) is 0 Å². The lowest BCUT2D eigenvalue weighted by Gasteiger charge is -2.09. The molecule has 0 bridgehead atoms. The molecule has 0 amide bonds. The summed E-state index contributed by atoms with van der Waals surface area (Å²) in [5.41, 5.74) is 9.49. The Hall–Kier alpha value is -3.64. The number of unbranched alkanes of at least 4 members (excludes halogenated alkanes) is 3. The fourth-order valence-corrected chi connectivity index (χ4v) is 5.53. The Morgan fingerprint density at radius 1 is 0.559 bits per heavy atom. The van der Waals surface area contributed by atoms with Gasteiger partial charge < -0.3 is 0 Å². The first-order valence-electron chi connectivity index (χ1n) is 12.7. The predicted molar refractivity (Wildman–Crippen MR) is 148 cm³/mol. The van der Waals surface area contributed by atoms with E-state index in [0.717, 1.165) is 0 Å². The molecule has 0 saturated carbocycles. The lowest BCUT2D eigenvalue weighted by Crippen LogP contribution is -1.87. The van der Waals surface area contributed by atoms with E-state index in [1.807, 2.05) is 0 Å². The number of rotatable bonds is 6. The molecule has 0 heterocycles. The van der Waals surface area contributed by atoms with E-state index >= 15 is 0 Å². The molecule has 0 atom stereocenters. The number of hydrogen-bond acceptors (Lipinski definition) is 0. The molecule has 166 valence electrons. The van der Waals surface area contributed by atoms with Crippen molar-refractivity contribution in [3.05, 3.63) is 119 Å². The highest BCUT2D eigenvalue weighted by atomic mass is 14.3. The van der Waals surface area contributed by atoms with Crippen LogP contribution in [0, 0.1) is 0 Å². The summed E-state index contributed by atoms with van der Waals surface area (Å²) in [4.78, 5) is 0. The van der Waals surface area contributed by atoms with Crippen LogP contribution in [0.3, 0.4) is 0 Å². The normalized spacial score (nSPS) is 12.2. The van der Waals surface area contributed by atoms with Crippen molar-refractivity contribution in [1.82, 2.24) is 0 Å². The van der Waals surface area contributed by atoms with E-state index in [1.54, 1.807) is 0 Å². The van der Waals surface area contributed by atoms with Crippen molar-refractivity contribution >= 4 is 33.2 Å². The molecule has 0 N–H and O–H groups in total. The van der Waals surface area contributed by atoms with Crippen LogP contribution in [0.2, 0.25) is 0 Å². The Balaban J connectivity index is 1.48. The maximum Gasteiger partial charge on any atom is -0.00141 e. The molecule has 0 aromatic heterocycles. The third-order valence-electron chi connectivity index (χ3n) is 7.30. The second-order valence-corrected chi connectivity index (χ2v) is 9.53. The Kier molecular flexibility index (Phi) is 5.51. The summed E-state index contributed by atoms with van der Waals surface area (Å²) in [6.07, 6.45) is 8.81. The molecule has 1 aliphatic carbocycles. The highest BCUT2D eigenvalue weighted by Crippen LogP contribution is 2.50. The van der Waals surface area contributed by atoms with E-state index in [-0.39, 0.29) is 0 Å². The first-order chi connectivity index (χ1) is 16.8. The first kappa shape index (κ1) is 20.9. The van der Waals surface area contributed by atoms with Crippen molar-refractivity contribution < 1.29 is 0 Å². The van der Waals surface area contributed by atoms with E-state index in [2.05, 4.69) is 110 Å². The molecule has 6 rings (SSSR count). The highest BCUT2D eigenvalue weighted by Gasteiger charge is 2.27. The summed E-state index contributed by atoms with van der Waals surface area (Å²) < 4.78 is 0. The van der Waals surface area contributed by atoms with E-state index in [0.29, 0.717) is 0 Å². The van der Waals surface area contributed by atoms with E-state index in [9.17, 15) is 0 Å². The number of hydrogen-bond donors (Lipinski definition) is 0. The van der Waals surface area contributed by atoms with Crippen LogP contribution in [-0.4, -0.2) is 0 Å². The van der Waals surface area contributed by atoms with Crippen LogP contribution in [0.4, 0.5) is 0 Å². The molecule has 0 spiro atoms. The second kappa shape index (κ2) is 8.95. The zero-order valence-electron chi connectivity index (χ0n) is 19.9. The SMILES string of the molecule is CCCCCCc1ccc(C=C2c3ccc4ccccc4c3-c3c2ccc2ccccc32)cc1. The first-order valence-corrected chi connectivity index (χ1v) is 12.7. The maximum atomic E-state index is 2.38. The molecular formula is C34H30. The van der Waals surface area contributed by atoms with Gasteiger partial charge in [-0.3, -0.25) is 0 Å². The van der Waals surface area contributed by atoms with Crippen LogP contribution in [-0.2, 0) is 6.42 Å². The van der Waals surface area contributed by atoms with Crippen LogP contribution in [0.15, 0.2) is 97.1 Å². The van der Waals surface area contributed by atoms with E-state index in [4.69, 9.17) is 0 Å². The average molecular weight is 439 g/mol. The molecule has 1 aliphatic rings. The van der Waals surface area contributed by atoms with Gasteiger partial charge in [-0.2, -0.15) is 0 Å². The zero-order valence-corrected chi connectivity index (χ0v) is 19.9. The summed E-state index contributed by atoms with van der Waals surface area (Å²) >= 11 is 0. The van der Waals surface area contributed by atoms with Gasteiger partial charge in [-0.25, -0.2) is 0 Å². The summed E-state index contributed by atoms with van der Waals surface area (Å²) in [6, 6.07) is 36.0. The molecule has 0 heteroatoms. The molecule has 0 radical (unpaired) electrons. The molecule has 0 nitrogen and oxygen atoms in total. The third kappa shape index (κ3) is 3.64. The lowest BCUT2D eigenvalue weighted by molar-refractivity contribution is 0.667. The molecule has 34 heavy (non-hydrogen) atoms. The van der Waals surface area contributed by atoms with Gasteiger partial charge in [0.15, 0.2) is 0 Å². The standard InChI is InChI=1S/C34H30/c1-2-3-4-5-10-24-15-17-25(18-16-24)23-32-30-21-19-26-11-6-8-13-28(26)33(30)34-29-14-9-7-12-27(29)20-22-31(32)34/h6-9,11-23H,2-5,10H2,1H3. The molecule has 0 saturated heterocycles. The zero-order chi connectivity index (χ0) is 22.9. The highest BCUT2D eigenvalue weighted by molar-refractivity contribution is 6.20. The van der Waals surface area contributed by atoms with Crippen LogP contribution in [0.1, 0.15) is 54.9 Å². The minimum absolute atomic E-state index is 1.18. The largest absolute Gasteiger partial charge is 0.0654 e. The van der Waals surface area contributed by atoms with Gasteiger partial charge in [-0.15, -0.1) is 0 Å². The lowest BCUT2D eigenvalue weighted by atomic mass is 9.94. The van der Waals surface area contributed by atoms with Gasteiger partial charge in [0.25, 0.3) is 0 Å². The topological polar surface area (TPSA) is 0 Å². The fraction of sp³-hybridized carbons (Fsp3) is 0.176. The van der Waals surface area contributed by atoms with Crippen molar-refractivity contribution in [1.29, 1.82) is 0 Å².